The number of nitrogens with one attached hydrogen (secondary N) is 1. The molecule has 2 rings (SSSR count). The van der Waals surface area contributed by atoms with Crippen molar-refractivity contribution in [3.05, 3.63) is 0 Å². The number of carbonyl (C=O) groups is 2. The lowest BCUT2D eigenvalue weighted by molar-refractivity contribution is -0.137. The van der Waals surface area contributed by atoms with Crippen molar-refractivity contribution < 1.29 is 9.59 Å². The molecule has 3 N–H and O–H groups in total. The van der Waals surface area contributed by atoms with Gasteiger partial charge in [0.2, 0.25) is 11.8 Å². The molecule has 0 bridgehead atoms. The number of amides is 2. The van der Waals surface area contributed by atoms with Gasteiger partial charge in [0.05, 0.1) is 11.5 Å². The second kappa shape index (κ2) is 4.05. The van der Waals surface area contributed by atoms with E-state index in [1.165, 1.54) is 0 Å². The van der Waals surface area contributed by atoms with Gasteiger partial charge in [-0.2, -0.15) is 0 Å². The Morgan fingerprint density at radius 1 is 1.44 bits per heavy atom. The highest BCUT2D eigenvalue weighted by molar-refractivity contribution is 5.89. The first-order chi connectivity index (χ1) is 7.57. The van der Waals surface area contributed by atoms with Crippen LogP contribution in [0.2, 0.25) is 0 Å². The van der Waals surface area contributed by atoms with Gasteiger partial charge in [0.15, 0.2) is 0 Å². The lowest BCUT2D eigenvalue weighted by Crippen LogP contribution is -2.51. The van der Waals surface area contributed by atoms with Crippen LogP contribution in [0.1, 0.15) is 25.7 Å². The Bertz CT molecular complexity index is 312. The van der Waals surface area contributed by atoms with E-state index in [1.54, 1.807) is 11.9 Å². The largest absolute Gasteiger partial charge is 0.359 e. The highest BCUT2D eigenvalue weighted by atomic mass is 16.2. The molecule has 1 unspecified atom stereocenters. The number of likely N-dealkylation sites (tertiary alicyclic amines) is 1. The summed E-state index contributed by atoms with van der Waals surface area (Å²) in [5, 5.41) is 2.64. The molecule has 2 fully saturated rings. The zero-order valence-electron chi connectivity index (χ0n) is 9.66. The molecule has 0 aromatic heterocycles. The van der Waals surface area contributed by atoms with Gasteiger partial charge in [-0.15, -0.1) is 0 Å². The maximum absolute atomic E-state index is 12.0. The van der Waals surface area contributed by atoms with Crippen LogP contribution in [0.15, 0.2) is 0 Å². The van der Waals surface area contributed by atoms with Crippen molar-refractivity contribution in [3.8, 4) is 0 Å². The predicted octanol–water partition coefficient (Wildman–Crippen LogP) is -0.538. The second-order valence-corrected chi connectivity index (χ2v) is 4.86. The van der Waals surface area contributed by atoms with Crippen LogP contribution in [0.3, 0.4) is 0 Å². The summed E-state index contributed by atoms with van der Waals surface area (Å²) in [6.45, 7) is 1.27. The monoisotopic (exact) mass is 225 g/mol. The second-order valence-electron chi connectivity index (χ2n) is 4.86. The summed E-state index contributed by atoms with van der Waals surface area (Å²) in [4.78, 5) is 25.3. The van der Waals surface area contributed by atoms with Crippen LogP contribution in [-0.4, -0.2) is 42.4 Å². The molecule has 1 atom stereocenters. The number of carbonyl (C=O) groups excluding carboxylic acids is 2. The van der Waals surface area contributed by atoms with Crippen molar-refractivity contribution in [2.45, 2.75) is 31.2 Å². The number of piperidine rings is 1. The van der Waals surface area contributed by atoms with E-state index in [4.69, 9.17) is 5.73 Å². The summed E-state index contributed by atoms with van der Waals surface area (Å²) >= 11 is 0. The third-order valence-electron chi connectivity index (χ3n) is 3.54. The van der Waals surface area contributed by atoms with Gasteiger partial charge in [0.25, 0.3) is 0 Å². The summed E-state index contributed by atoms with van der Waals surface area (Å²) in [5.41, 5.74) is 5.28. The lowest BCUT2D eigenvalue weighted by Gasteiger charge is -2.33. The lowest BCUT2D eigenvalue weighted by atomic mass is 9.96. The van der Waals surface area contributed by atoms with Gasteiger partial charge < -0.3 is 16.0 Å². The van der Waals surface area contributed by atoms with Crippen molar-refractivity contribution in [3.63, 3.8) is 0 Å². The van der Waals surface area contributed by atoms with Crippen LogP contribution in [-0.2, 0) is 9.59 Å². The van der Waals surface area contributed by atoms with Crippen LogP contribution in [0.4, 0.5) is 0 Å². The van der Waals surface area contributed by atoms with Crippen molar-refractivity contribution in [1.29, 1.82) is 0 Å². The highest BCUT2D eigenvalue weighted by Gasteiger charge is 2.48. The molecule has 1 aliphatic heterocycles. The minimum Gasteiger partial charge on any atom is -0.359 e. The Kier molecular flexibility index (Phi) is 2.88. The summed E-state index contributed by atoms with van der Waals surface area (Å²) in [5.74, 6) is -0.00878. The van der Waals surface area contributed by atoms with Gasteiger partial charge >= 0.3 is 0 Å². The van der Waals surface area contributed by atoms with E-state index in [0.29, 0.717) is 6.54 Å². The third-order valence-corrected chi connectivity index (χ3v) is 3.54. The Morgan fingerprint density at radius 3 is 2.69 bits per heavy atom. The van der Waals surface area contributed by atoms with Gasteiger partial charge in [-0.1, -0.05) is 0 Å². The fourth-order valence-electron chi connectivity index (χ4n) is 2.24. The number of hydrogen-bond acceptors (Lipinski definition) is 3. The SMILES string of the molecule is CNC(=O)C1CCCN(C(=O)C2(N)CC2)C1. The number of hydrogen-bond donors (Lipinski definition) is 2. The van der Waals surface area contributed by atoms with E-state index in [1.807, 2.05) is 0 Å². The van der Waals surface area contributed by atoms with Crippen LogP contribution >= 0.6 is 0 Å². The number of nitrogens with zero attached hydrogens (tertiary/aromatic N) is 1. The molecule has 1 saturated carbocycles. The average molecular weight is 225 g/mol. The van der Waals surface area contributed by atoms with Crippen LogP contribution in [0.5, 0.6) is 0 Å². The van der Waals surface area contributed by atoms with Crippen molar-refractivity contribution >= 4 is 11.8 Å². The molecule has 0 radical (unpaired) electrons. The van der Waals surface area contributed by atoms with Gasteiger partial charge in [-0.25, -0.2) is 0 Å². The maximum atomic E-state index is 12.0. The Morgan fingerprint density at radius 2 is 2.12 bits per heavy atom. The zero-order valence-corrected chi connectivity index (χ0v) is 9.66. The van der Waals surface area contributed by atoms with E-state index in [2.05, 4.69) is 5.32 Å². The molecule has 16 heavy (non-hydrogen) atoms. The third kappa shape index (κ3) is 2.04. The first-order valence-electron chi connectivity index (χ1n) is 5.87. The number of rotatable bonds is 2. The molecule has 90 valence electrons. The highest BCUT2D eigenvalue weighted by Crippen LogP contribution is 2.35. The Hall–Kier alpha value is -1.10. The normalized spacial score (nSPS) is 27.4. The molecule has 1 saturated heterocycles. The first kappa shape index (κ1) is 11.4. The number of nitrogens with two attached hydrogens (primary N) is 1. The summed E-state index contributed by atoms with van der Waals surface area (Å²) < 4.78 is 0. The van der Waals surface area contributed by atoms with Crippen molar-refractivity contribution in [1.82, 2.24) is 10.2 Å². The van der Waals surface area contributed by atoms with Crippen LogP contribution < -0.4 is 11.1 Å². The molecule has 1 heterocycles. The minimum absolute atomic E-state index is 0.0272. The van der Waals surface area contributed by atoms with E-state index < -0.39 is 5.54 Å². The molecule has 0 spiro atoms. The summed E-state index contributed by atoms with van der Waals surface area (Å²) in [7, 11) is 1.63. The molecule has 0 aromatic carbocycles. The molecule has 0 aromatic rings. The van der Waals surface area contributed by atoms with E-state index in [9.17, 15) is 9.59 Å². The van der Waals surface area contributed by atoms with E-state index >= 15 is 0 Å². The molecule has 1 aliphatic carbocycles. The average Bonchev–Trinajstić information content (AvgIpc) is 3.07. The molecule has 2 aliphatic rings. The molecular weight excluding hydrogens is 206 g/mol. The fourth-order valence-corrected chi connectivity index (χ4v) is 2.24. The van der Waals surface area contributed by atoms with Crippen molar-refractivity contribution in [2.24, 2.45) is 11.7 Å². The van der Waals surface area contributed by atoms with Crippen LogP contribution in [0.25, 0.3) is 0 Å². The Labute approximate surface area is 95.3 Å². The molecule has 5 heteroatoms. The maximum Gasteiger partial charge on any atom is 0.242 e. The van der Waals surface area contributed by atoms with Gasteiger partial charge in [-0.05, 0) is 25.7 Å². The van der Waals surface area contributed by atoms with Crippen molar-refractivity contribution in [2.75, 3.05) is 20.1 Å². The summed E-state index contributed by atoms with van der Waals surface area (Å²) in [6.07, 6.45) is 3.32. The quantitative estimate of drug-likeness (QED) is 0.663. The van der Waals surface area contributed by atoms with Gasteiger partial charge in [0, 0.05) is 20.1 Å². The van der Waals surface area contributed by atoms with Gasteiger partial charge in [0.1, 0.15) is 0 Å². The fraction of sp³-hybridized carbons (Fsp3) is 0.818. The van der Waals surface area contributed by atoms with E-state index in [0.717, 1.165) is 32.2 Å². The first-order valence-corrected chi connectivity index (χ1v) is 5.87. The van der Waals surface area contributed by atoms with Gasteiger partial charge in [-0.3, -0.25) is 9.59 Å². The Balaban J connectivity index is 1.96. The molecule has 2 amide bonds. The predicted molar refractivity (Wildman–Crippen MR) is 59.5 cm³/mol. The zero-order chi connectivity index (χ0) is 11.8. The standard InChI is InChI=1S/C11H19N3O2/c1-13-9(15)8-3-2-6-14(7-8)10(16)11(12)4-5-11/h8H,2-7,12H2,1H3,(H,13,15). The van der Waals surface area contributed by atoms with E-state index in [-0.39, 0.29) is 17.7 Å². The molecular formula is C11H19N3O2. The minimum atomic E-state index is -0.607. The summed E-state index contributed by atoms with van der Waals surface area (Å²) in [6, 6.07) is 0. The molecule has 5 nitrogen and oxygen atoms in total. The smallest absolute Gasteiger partial charge is 0.242 e. The van der Waals surface area contributed by atoms with Crippen LogP contribution in [0, 0.1) is 5.92 Å². The topological polar surface area (TPSA) is 75.4 Å².